The van der Waals surface area contributed by atoms with Crippen LogP contribution in [0, 0.1) is 0 Å². The molecule has 8 heteroatoms. The minimum Gasteiger partial charge on any atom is -0.507 e. The fourth-order valence-corrected chi connectivity index (χ4v) is 7.64. The molecule has 0 saturated carbocycles. The molecule has 2 aliphatic rings. The van der Waals surface area contributed by atoms with Crippen molar-refractivity contribution in [3.05, 3.63) is 42.2 Å². The molecule has 138 valence electrons. The lowest BCUT2D eigenvalue weighted by atomic mass is 10.0. The topological polar surface area (TPSA) is 89.3 Å². The third kappa shape index (κ3) is 2.83. The van der Waals surface area contributed by atoms with Crippen LogP contribution in [0.25, 0.3) is 10.8 Å². The van der Waals surface area contributed by atoms with Gasteiger partial charge in [0, 0.05) is 24.7 Å². The van der Waals surface area contributed by atoms with Gasteiger partial charge in [-0.25, -0.2) is 0 Å². The Hall–Kier alpha value is -1.84. The number of rotatable bonds is 7. The molecule has 2 aromatic rings. The van der Waals surface area contributed by atoms with E-state index >= 15 is 0 Å². The Bertz CT molecular complexity index is 825. The van der Waals surface area contributed by atoms with E-state index in [0.29, 0.717) is 6.04 Å². The Morgan fingerprint density at radius 1 is 1.12 bits per heavy atom. The molecule has 2 saturated heterocycles. The molecule has 2 aliphatic heterocycles. The summed E-state index contributed by atoms with van der Waals surface area (Å²) in [5.41, 5.74) is -0.763. The van der Waals surface area contributed by atoms with Crippen molar-refractivity contribution in [3.63, 3.8) is 0 Å². The van der Waals surface area contributed by atoms with Crippen molar-refractivity contribution in [2.45, 2.75) is 50.5 Å². The molecule has 0 bridgehead atoms. The number of fused-ring (bicyclic) bond motifs is 1. The van der Waals surface area contributed by atoms with Gasteiger partial charge in [-0.15, -0.1) is 0 Å². The van der Waals surface area contributed by atoms with Crippen molar-refractivity contribution in [2.75, 3.05) is 0 Å². The summed E-state index contributed by atoms with van der Waals surface area (Å²) >= 11 is 0. The average molecular weight is 375 g/mol. The molecule has 0 amide bonds. The van der Waals surface area contributed by atoms with Gasteiger partial charge in [0.2, 0.25) is 0 Å². The van der Waals surface area contributed by atoms with Crippen molar-refractivity contribution in [1.82, 2.24) is 4.98 Å². The molecule has 0 aliphatic carbocycles. The van der Waals surface area contributed by atoms with Gasteiger partial charge in [-0.3, -0.25) is 9.78 Å². The number of aromatic nitrogens is 1. The number of carbonyl (C=O) groups excluding carboxylic acids is 1. The highest BCUT2D eigenvalue weighted by Gasteiger charge is 2.82. The van der Waals surface area contributed by atoms with Gasteiger partial charge in [0.05, 0.1) is 0 Å². The second kappa shape index (κ2) is 6.10. The van der Waals surface area contributed by atoms with E-state index in [4.69, 9.17) is 24.0 Å². The molecular weight excluding hydrogens is 354 g/mol. The normalized spacial score (nSPS) is 20.0. The van der Waals surface area contributed by atoms with Crippen LogP contribution in [-0.2, 0) is 35.2 Å². The van der Waals surface area contributed by atoms with Gasteiger partial charge >= 0.3 is 8.32 Å². The van der Waals surface area contributed by atoms with E-state index in [1.54, 1.807) is 13.8 Å². The lowest BCUT2D eigenvalue weighted by molar-refractivity contribution is -0.133. The predicted octanol–water partition coefficient (Wildman–Crippen LogP) is 3.11. The van der Waals surface area contributed by atoms with E-state index < -0.39 is 19.1 Å². The maximum absolute atomic E-state index is 11.8. The standard InChI is InChI=1S/C18H21NO6Si/c1-13(20)21-26(17(2)22-23-17,18(3)24-25-18)10-6-8-15-12-19-11-14-7-4-5-9-16(14)15/h4-5,7,9,11-12H,6,8,10H2,1-3H3. The second-order valence-corrected chi connectivity index (χ2v) is 11.2. The molecule has 1 aromatic carbocycles. The van der Waals surface area contributed by atoms with Crippen LogP contribution in [0.5, 0.6) is 0 Å². The Morgan fingerprint density at radius 3 is 2.38 bits per heavy atom. The summed E-state index contributed by atoms with van der Waals surface area (Å²) in [7, 11) is -3.02. The van der Waals surface area contributed by atoms with Crippen LogP contribution in [0.4, 0.5) is 0 Å². The molecule has 7 nitrogen and oxygen atoms in total. The van der Waals surface area contributed by atoms with Gasteiger partial charge in [-0.05, 0) is 43.7 Å². The van der Waals surface area contributed by atoms with Crippen LogP contribution < -0.4 is 0 Å². The number of aryl methyl sites for hydroxylation is 1. The van der Waals surface area contributed by atoms with Gasteiger partial charge in [0.25, 0.3) is 16.8 Å². The fourth-order valence-electron chi connectivity index (χ4n) is 3.65. The van der Waals surface area contributed by atoms with E-state index in [-0.39, 0.29) is 5.97 Å². The molecular formula is C18H21NO6Si. The number of carbonyl (C=O) groups is 1. The molecule has 4 rings (SSSR count). The Kier molecular flexibility index (Phi) is 4.12. The van der Waals surface area contributed by atoms with Gasteiger partial charge < -0.3 is 4.43 Å². The number of hydrogen-bond acceptors (Lipinski definition) is 7. The van der Waals surface area contributed by atoms with Crippen molar-refractivity contribution >= 4 is 25.1 Å². The van der Waals surface area contributed by atoms with Gasteiger partial charge in [-0.1, -0.05) is 24.3 Å². The van der Waals surface area contributed by atoms with Crippen LogP contribution in [-0.4, -0.2) is 30.1 Å². The first-order chi connectivity index (χ1) is 12.4. The lowest BCUT2D eigenvalue weighted by Gasteiger charge is -2.31. The predicted molar refractivity (Wildman–Crippen MR) is 93.5 cm³/mol. The van der Waals surface area contributed by atoms with E-state index in [1.165, 1.54) is 12.3 Å². The van der Waals surface area contributed by atoms with Crippen molar-refractivity contribution in [3.8, 4) is 0 Å². The zero-order valence-corrected chi connectivity index (χ0v) is 16.0. The summed E-state index contributed by atoms with van der Waals surface area (Å²) in [5.74, 6) is -0.385. The monoisotopic (exact) mass is 375 g/mol. The van der Waals surface area contributed by atoms with E-state index in [1.807, 2.05) is 30.6 Å². The molecule has 2 fully saturated rings. The summed E-state index contributed by atoms with van der Waals surface area (Å²) in [6.07, 6.45) is 5.29. The number of pyridine rings is 1. The van der Waals surface area contributed by atoms with Crippen LogP contribution >= 0.6 is 0 Å². The molecule has 0 atom stereocenters. The summed E-state index contributed by atoms with van der Waals surface area (Å²) in [6.45, 7) is 4.93. The first kappa shape index (κ1) is 17.6. The van der Waals surface area contributed by atoms with E-state index in [2.05, 4.69) is 11.1 Å². The average Bonchev–Trinajstić information content (AvgIpc) is 3.53. The van der Waals surface area contributed by atoms with Crippen LogP contribution in [0.1, 0.15) is 32.8 Å². The molecule has 26 heavy (non-hydrogen) atoms. The molecule has 3 heterocycles. The summed E-state index contributed by atoms with van der Waals surface area (Å²) in [6, 6.07) is 8.74. The maximum atomic E-state index is 11.8. The summed E-state index contributed by atoms with van der Waals surface area (Å²) in [4.78, 5) is 37.0. The highest BCUT2D eigenvalue weighted by Crippen LogP contribution is 2.54. The third-order valence-electron chi connectivity index (χ3n) is 5.18. The van der Waals surface area contributed by atoms with Crippen molar-refractivity contribution in [1.29, 1.82) is 0 Å². The number of nitrogens with zero attached hydrogens (tertiary/aromatic N) is 1. The fraction of sp³-hybridized carbons (Fsp3) is 0.444. The van der Waals surface area contributed by atoms with Crippen molar-refractivity contribution < 1.29 is 28.8 Å². The molecule has 1 aromatic heterocycles. The summed E-state index contributed by atoms with van der Waals surface area (Å²) in [5, 5.41) is 2.28. The first-order valence-electron chi connectivity index (χ1n) is 8.64. The molecule has 0 unspecified atom stereocenters. The maximum Gasteiger partial charge on any atom is 0.390 e. The van der Waals surface area contributed by atoms with E-state index in [0.717, 1.165) is 23.8 Å². The van der Waals surface area contributed by atoms with E-state index in [9.17, 15) is 4.79 Å². The van der Waals surface area contributed by atoms with Crippen molar-refractivity contribution in [2.24, 2.45) is 0 Å². The largest absolute Gasteiger partial charge is 0.507 e. The Balaban J connectivity index is 1.56. The molecule has 0 spiro atoms. The SMILES string of the molecule is CC(=O)O[Si](CCCc1cncc2ccccc12)(C1(C)OO1)C1(C)OO1. The highest BCUT2D eigenvalue weighted by atomic mass is 28.4. The number of benzene rings is 1. The minimum absolute atomic E-state index is 0.385. The van der Waals surface area contributed by atoms with Crippen LogP contribution in [0.2, 0.25) is 6.04 Å². The van der Waals surface area contributed by atoms with Crippen LogP contribution in [0.15, 0.2) is 36.7 Å². The summed E-state index contributed by atoms with van der Waals surface area (Å²) < 4.78 is 5.80. The highest BCUT2D eigenvalue weighted by molar-refractivity contribution is 6.80. The lowest BCUT2D eigenvalue weighted by Crippen LogP contribution is -2.63. The zero-order valence-electron chi connectivity index (χ0n) is 15.0. The first-order valence-corrected chi connectivity index (χ1v) is 10.8. The Morgan fingerprint density at radius 2 is 1.77 bits per heavy atom. The smallest absolute Gasteiger partial charge is 0.390 e. The zero-order chi connectivity index (χ0) is 18.4. The van der Waals surface area contributed by atoms with Crippen LogP contribution in [0.3, 0.4) is 0 Å². The third-order valence-corrected chi connectivity index (χ3v) is 10.1. The van der Waals surface area contributed by atoms with Gasteiger partial charge in [-0.2, -0.15) is 19.6 Å². The minimum atomic E-state index is -3.02. The second-order valence-electron chi connectivity index (χ2n) is 7.02. The Labute approximate surface area is 152 Å². The van der Waals surface area contributed by atoms with Gasteiger partial charge in [0.15, 0.2) is 0 Å². The number of hydrogen-bond donors (Lipinski definition) is 0. The quantitative estimate of drug-likeness (QED) is 0.417. The molecule has 0 N–H and O–H groups in total. The van der Waals surface area contributed by atoms with Gasteiger partial charge in [0.1, 0.15) is 0 Å². The molecule has 0 radical (unpaired) electrons.